The van der Waals surface area contributed by atoms with E-state index in [0.29, 0.717) is 21.7 Å². The number of hydrogen-bond donors (Lipinski definition) is 1. The van der Waals surface area contributed by atoms with Gasteiger partial charge in [-0.05, 0) is 66.7 Å². The van der Waals surface area contributed by atoms with Gasteiger partial charge in [0.25, 0.3) is 5.91 Å². The van der Waals surface area contributed by atoms with Crippen LogP contribution in [-0.2, 0) is 4.79 Å². The van der Waals surface area contributed by atoms with Crippen molar-refractivity contribution in [2.45, 2.75) is 6.92 Å². The highest BCUT2D eigenvalue weighted by Gasteiger charge is 2.23. The van der Waals surface area contributed by atoms with Crippen molar-refractivity contribution in [3.63, 3.8) is 0 Å². The highest BCUT2D eigenvalue weighted by atomic mass is 35.5. The molecule has 3 rings (SSSR count). The predicted molar refractivity (Wildman–Crippen MR) is 99.9 cm³/mol. The van der Waals surface area contributed by atoms with E-state index in [-0.39, 0.29) is 5.91 Å². The molecule has 1 amide bonds. The molecular formula is C18H15ClN2O2S. The zero-order valence-electron chi connectivity index (χ0n) is 13.0. The first-order valence-electron chi connectivity index (χ1n) is 7.42. The third-order valence-electron chi connectivity index (χ3n) is 3.18. The molecule has 1 aliphatic rings. The minimum absolute atomic E-state index is 0.158. The minimum atomic E-state index is -0.158. The number of carbonyl (C=O) groups is 1. The minimum Gasteiger partial charge on any atom is -0.494 e. The fourth-order valence-corrected chi connectivity index (χ4v) is 3.09. The summed E-state index contributed by atoms with van der Waals surface area (Å²) in [6.45, 7) is 2.54. The molecule has 4 nitrogen and oxygen atoms in total. The Morgan fingerprint density at radius 2 is 2.04 bits per heavy atom. The van der Waals surface area contributed by atoms with Gasteiger partial charge < -0.3 is 10.1 Å². The van der Waals surface area contributed by atoms with E-state index in [0.717, 1.165) is 17.0 Å². The fraction of sp³-hybridized carbons (Fsp3) is 0.111. The van der Waals surface area contributed by atoms with Crippen molar-refractivity contribution in [2.75, 3.05) is 6.61 Å². The number of ether oxygens (including phenoxy) is 1. The number of nitrogens with one attached hydrogen (secondary N) is 1. The molecule has 0 unspecified atom stereocenters. The molecule has 0 atom stereocenters. The van der Waals surface area contributed by atoms with Crippen LogP contribution in [0.2, 0.25) is 5.02 Å². The van der Waals surface area contributed by atoms with E-state index in [9.17, 15) is 4.79 Å². The van der Waals surface area contributed by atoms with Crippen LogP contribution in [0, 0.1) is 0 Å². The molecule has 0 aromatic heterocycles. The van der Waals surface area contributed by atoms with Gasteiger partial charge in [-0.25, -0.2) is 4.99 Å². The van der Waals surface area contributed by atoms with Gasteiger partial charge in [-0.3, -0.25) is 4.79 Å². The molecular weight excluding hydrogens is 344 g/mol. The third kappa shape index (κ3) is 4.19. The number of benzene rings is 2. The summed E-state index contributed by atoms with van der Waals surface area (Å²) in [5, 5.41) is 3.97. The van der Waals surface area contributed by atoms with Crippen molar-refractivity contribution in [1.29, 1.82) is 0 Å². The summed E-state index contributed by atoms with van der Waals surface area (Å²) in [7, 11) is 0. The largest absolute Gasteiger partial charge is 0.494 e. The number of rotatable bonds is 4. The molecule has 122 valence electrons. The average Bonchev–Trinajstić information content (AvgIpc) is 2.90. The maximum Gasteiger partial charge on any atom is 0.264 e. The number of aliphatic imine (C=N–C) groups is 1. The first-order chi connectivity index (χ1) is 11.6. The molecule has 0 radical (unpaired) electrons. The Hall–Kier alpha value is -2.24. The first-order valence-corrected chi connectivity index (χ1v) is 8.61. The van der Waals surface area contributed by atoms with Crippen molar-refractivity contribution >= 4 is 46.2 Å². The van der Waals surface area contributed by atoms with Gasteiger partial charge in [0, 0.05) is 5.02 Å². The van der Waals surface area contributed by atoms with Crippen molar-refractivity contribution in [2.24, 2.45) is 4.99 Å². The molecule has 1 heterocycles. The highest BCUT2D eigenvalue weighted by molar-refractivity contribution is 8.18. The van der Waals surface area contributed by atoms with Gasteiger partial charge in [0.1, 0.15) is 5.75 Å². The predicted octanol–water partition coefficient (Wildman–Crippen LogP) is 4.63. The van der Waals surface area contributed by atoms with Crippen LogP contribution >= 0.6 is 23.4 Å². The van der Waals surface area contributed by atoms with Crippen LogP contribution in [-0.4, -0.2) is 17.7 Å². The lowest BCUT2D eigenvalue weighted by Gasteiger charge is -2.03. The SMILES string of the molecule is CCOc1cccc(C=C2SC(=Nc3ccc(Cl)cc3)NC2=O)c1. The van der Waals surface area contributed by atoms with E-state index in [1.54, 1.807) is 24.3 Å². The van der Waals surface area contributed by atoms with E-state index in [4.69, 9.17) is 16.3 Å². The van der Waals surface area contributed by atoms with Gasteiger partial charge in [0.05, 0.1) is 17.2 Å². The summed E-state index contributed by atoms with van der Waals surface area (Å²) >= 11 is 7.17. The number of amides is 1. The molecule has 1 N–H and O–H groups in total. The van der Waals surface area contributed by atoms with E-state index in [1.807, 2.05) is 37.3 Å². The fourth-order valence-electron chi connectivity index (χ4n) is 2.13. The van der Waals surface area contributed by atoms with Crippen LogP contribution in [0.1, 0.15) is 12.5 Å². The number of carbonyl (C=O) groups excluding carboxylic acids is 1. The molecule has 1 fully saturated rings. The van der Waals surface area contributed by atoms with E-state index < -0.39 is 0 Å². The monoisotopic (exact) mass is 358 g/mol. The van der Waals surface area contributed by atoms with Crippen LogP contribution < -0.4 is 10.1 Å². The summed E-state index contributed by atoms with van der Waals surface area (Å²) in [6, 6.07) is 14.7. The molecule has 2 aromatic carbocycles. The molecule has 0 aliphatic carbocycles. The van der Waals surface area contributed by atoms with Crippen LogP contribution in [0.4, 0.5) is 5.69 Å². The van der Waals surface area contributed by atoms with Gasteiger partial charge in [-0.2, -0.15) is 0 Å². The molecule has 2 aromatic rings. The van der Waals surface area contributed by atoms with E-state index in [2.05, 4.69) is 10.3 Å². The van der Waals surface area contributed by atoms with Gasteiger partial charge in [-0.15, -0.1) is 0 Å². The highest BCUT2D eigenvalue weighted by Crippen LogP contribution is 2.29. The summed E-state index contributed by atoms with van der Waals surface area (Å²) in [4.78, 5) is 17.1. The summed E-state index contributed by atoms with van der Waals surface area (Å²) in [5.74, 6) is 0.625. The van der Waals surface area contributed by atoms with Gasteiger partial charge in [0.2, 0.25) is 0 Å². The number of thioether (sulfide) groups is 1. The van der Waals surface area contributed by atoms with E-state index in [1.165, 1.54) is 11.8 Å². The lowest BCUT2D eigenvalue weighted by molar-refractivity contribution is -0.115. The molecule has 1 aliphatic heterocycles. The maximum absolute atomic E-state index is 12.1. The Bertz CT molecular complexity index is 816. The van der Waals surface area contributed by atoms with Crippen molar-refractivity contribution in [3.05, 3.63) is 64.0 Å². The molecule has 1 saturated heterocycles. The number of hydrogen-bond acceptors (Lipinski definition) is 4. The van der Waals surface area contributed by atoms with Gasteiger partial charge in [-0.1, -0.05) is 23.7 Å². The van der Waals surface area contributed by atoms with Crippen LogP contribution in [0.5, 0.6) is 5.75 Å². The Kier molecular flexibility index (Phi) is 5.23. The van der Waals surface area contributed by atoms with Crippen molar-refractivity contribution in [3.8, 4) is 5.75 Å². The molecule has 24 heavy (non-hydrogen) atoms. The number of halogens is 1. The van der Waals surface area contributed by atoms with Gasteiger partial charge >= 0.3 is 0 Å². The molecule has 0 bridgehead atoms. The Balaban J connectivity index is 1.79. The normalized spacial score (nSPS) is 17.3. The summed E-state index contributed by atoms with van der Waals surface area (Å²) in [6.07, 6.45) is 1.83. The quantitative estimate of drug-likeness (QED) is 0.810. The smallest absolute Gasteiger partial charge is 0.264 e. The van der Waals surface area contributed by atoms with Crippen molar-refractivity contribution < 1.29 is 9.53 Å². The van der Waals surface area contributed by atoms with Crippen LogP contribution in [0.25, 0.3) is 6.08 Å². The topological polar surface area (TPSA) is 50.7 Å². The first kappa shape index (κ1) is 16.6. The summed E-state index contributed by atoms with van der Waals surface area (Å²) in [5.41, 5.74) is 1.65. The number of amidine groups is 1. The molecule has 6 heteroatoms. The van der Waals surface area contributed by atoms with Crippen LogP contribution in [0.3, 0.4) is 0 Å². The number of nitrogens with zero attached hydrogens (tertiary/aromatic N) is 1. The average molecular weight is 359 g/mol. The molecule has 0 saturated carbocycles. The Morgan fingerprint density at radius 1 is 1.25 bits per heavy atom. The lowest BCUT2D eigenvalue weighted by Crippen LogP contribution is -2.19. The Labute approximate surface area is 149 Å². The van der Waals surface area contributed by atoms with Crippen molar-refractivity contribution in [1.82, 2.24) is 5.32 Å². The second kappa shape index (κ2) is 7.55. The standard InChI is InChI=1S/C18H15ClN2O2S/c1-2-23-15-5-3-4-12(10-15)11-16-17(22)21-18(24-16)20-14-8-6-13(19)7-9-14/h3-11H,2H2,1H3,(H,20,21,22). The Morgan fingerprint density at radius 3 is 2.79 bits per heavy atom. The second-order valence-electron chi connectivity index (χ2n) is 4.96. The zero-order valence-corrected chi connectivity index (χ0v) is 14.5. The third-order valence-corrected chi connectivity index (χ3v) is 4.34. The molecule has 0 spiro atoms. The lowest BCUT2D eigenvalue weighted by atomic mass is 10.2. The maximum atomic E-state index is 12.1. The van der Waals surface area contributed by atoms with Gasteiger partial charge in [0.15, 0.2) is 5.17 Å². The zero-order chi connectivity index (χ0) is 16.9. The second-order valence-corrected chi connectivity index (χ2v) is 6.43. The summed E-state index contributed by atoms with van der Waals surface area (Å²) < 4.78 is 5.48. The van der Waals surface area contributed by atoms with E-state index >= 15 is 0 Å². The van der Waals surface area contributed by atoms with Crippen LogP contribution in [0.15, 0.2) is 58.4 Å².